The number of carbonyl (C=O) groups is 1. The van der Waals surface area contributed by atoms with Crippen molar-refractivity contribution in [1.82, 2.24) is 19.3 Å². The molecule has 2 aromatic heterocycles. The number of hydrogen-bond acceptors (Lipinski definition) is 6. The summed E-state index contributed by atoms with van der Waals surface area (Å²) in [5.41, 5.74) is 1.22. The summed E-state index contributed by atoms with van der Waals surface area (Å²) in [5, 5.41) is 18.8. The third kappa shape index (κ3) is 4.00. The fourth-order valence-corrected chi connectivity index (χ4v) is 3.53. The van der Waals surface area contributed by atoms with Gasteiger partial charge in [0.2, 0.25) is 5.91 Å². The van der Waals surface area contributed by atoms with Gasteiger partial charge in [-0.05, 0) is 37.7 Å². The van der Waals surface area contributed by atoms with E-state index in [0.29, 0.717) is 11.4 Å². The van der Waals surface area contributed by atoms with Crippen LogP contribution in [0.5, 0.6) is 0 Å². The van der Waals surface area contributed by atoms with Crippen molar-refractivity contribution in [2.45, 2.75) is 30.4 Å². The van der Waals surface area contributed by atoms with Gasteiger partial charge in [0.1, 0.15) is 17.9 Å². The van der Waals surface area contributed by atoms with E-state index in [1.54, 1.807) is 26.1 Å². The lowest BCUT2D eigenvalue weighted by Crippen LogP contribution is -2.20. The molecule has 1 N–H and O–H groups in total. The fraction of sp³-hybridized carbons (Fsp3) is 0.235. The van der Waals surface area contributed by atoms with Crippen molar-refractivity contribution in [1.29, 1.82) is 0 Å². The number of aryl methyl sites for hydroxylation is 2. The topological polar surface area (TPSA) is 108 Å². The van der Waals surface area contributed by atoms with Gasteiger partial charge in [-0.2, -0.15) is 5.10 Å². The maximum Gasteiger partial charge on any atom is 0.312 e. The largest absolute Gasteiger partial charge is 0.329 e. The molecule has 0 aliphatic heterocycles. The Labute approximate surface area is 159 Å². The zero-order valence-electron chi connectivity index (χ0n) is 15.0. The van der Waals surface area contributed by atoms with E-state index in [2.05, 4.69) is 15.4 Å². The number of carbonyl (C=O) groups excluding carboxylic acids is 1. The predicted octanol–water partition coefficient (Wildman–Crippen LogP) is 2.93. The lowest BCUT2D eigenvalue weighted by Gasteiger charge is -2.11. The Morgan fingerprint density at radius 2 is 2.07 bits per heavy atom. The minimum absolute atomic E-state index is 0.0615. The van der Waals surface area contributed by atoms with Gasteiger partial charge in [0, 0.05) is 24.3 Å². The van der Waals surface area contributed by atoms with Gasteiger partial charge in [0.15, 0.2) is 5.16 Å². The van der Waals surface area contributed by atoms with Crippen molar-refractivity contribution in [3.63, 3.8) is 0 Å². The Hall–Kier alpha value is -3.14. The summed E-state index contributed by atoms with van der Waals surface area (Å²) in [7, 11) is 1.90. The molecule has 0 radical (unpaired) electrons. The van der Waals surface area contributed by atoms with E-state index >= 15 is 0 Å². The number of rotatable bonds is 6. The van der Waals surface area contributed by atoms with E-state index in [1.165, 1.54) is 16.4 Å². The summed E-state index contributed by atoms with van der Waals surface area (Å²) in [5.74, 6) is -0.316. The highest BCUT2D eigenvalue weighted by atomic mass is 32.2. The van der Waals surface area contributed by atoms with Gasteiger partial charge in [-0.3, -0.25) is 19.6 Å². The van der Waals surface area contributed by atoms with Gasteiger partial charge >= 0.3 is 5.69 Å². The maximum atomic E-state index is 12.5. The lowest BCUT2D eigenvalue weighted by atomic mass is 10.3. The van der Waals surface area contributed by atoms with Crippen molar-refractivity contribution in [2.24, 2.45) is 7.05 Å². The van der Waals surface area contributed by atoms with Crippen LogP contribution >= 0.6 is 11.8 Å². The average molecular weight is 386 g/mol. The molecule has 27 heavy (non-hydrogen) atoms. The molecule has 0 aliphatic rings. The SMILES string of the molecule is Cc1nn(CC(=O)Nc2ccccc2Sc2nccn2C)c(C)c1[N+](=O)[O-]. The summed E-state index contributed by atoms with van der Waals surface area (Å²) in [6.45, 7) is 3.02. The molecule has 3 rings (SSSR count). The summed E-state index contributed by atoms with van der Waals surface area (Å²) in [6.07, 6.45) is 3.55. The van der Waals surface area contributed by atoms with Crippen molar-refractivity contribution in [3.8, 4) is 0 Å². The van der Waals surface area contributed by atoms with Gasteiger partial charge in [-0.15, -0.1) is 0 Å². The number of aromatic nitrogens is 4. The number of anilines is 1. The molecular formula is C17H18N6O3S. The molecule has 2 heterocycles. The third-order valence-electron chi connectivity index (χ3n) is 3.96. The highest BCUT2D eigenvalue weighted by Crippen LogP contribution is 2.32. The number of amides is 1. The highest BCUT2D eigenvalue weighted by molar-refractivity contribution is 7.99. The molecule has 3 aromatic rings. The fourth-order valence-electron chi connectivity index (χ4n) is 2.64. The van der Waals surface area contributed by atoms with Crippen LogP contribution in [0.4, 0.5) is 11.4 Å². The lowest BCUT2D eigenvalue weighted by molar-refractivity contribution is -0.386. The number of imidazole rings is 1. The monoisotopic (exact) mass is 386 g/mol. The summed E-state index contributed by atoms with van der Waals surface area (Å²) >= 11 is 1.43. The molecule has 0 saturated carbocycles. The number of nitrogens with zero attached hydrogens (tertiary/aromatic N) is 5. The van der Waals surface area contributed by atoms with E-state index < -0.39 is 4.92 Å². The van der Waals surface area contributed by atoms with E-state index in [4.69, 9.17) is 0 Å². The first-order valence-corrected chi connectivity index (χ1v) is 8.91. The van der Waals surface area contributed by atoms with Crippen LogP contribution in [0.15, 0.2) is 46.7 Å². The molecule has 140 valence electrons. The standard InChI is InChI=1S/C17H18N6O3S/c1-11-16(23(25)26)12(2)22(20-11)10-15(24)19-13-6-4-5-7-14(13)27-17-18-8-9-21(17)3/h4-9H,10H2,1-3H3,(H,19,24). The van der Waals surface area contributed by atoms with Crippen LogP contribution in [0.3, 0.4) is 0 Å². The molecule has 0 saturated heterocycles. The molecule has 0 fully saturated rings. The molecule has 0 unspecified atom stereocenters. The van der Waals surface area contributed by atoms with E-state index in [-0.39, 0.29) is 23.8 Å². The van der Waals surface area contributed by atoms with Crippen molar-refractivity contribution < 1.29 is 9.72 Å². The van der Waals surface area contributed by atoms with Crippen LogP contribution in [0, 0.1) is 24.0 Å². The quantitative estimate of drug-likeness (QED) is 0.515. The van der Waals surface area contributed by atoms with E-state index in [1.807, 2.05) is 36.0 Å². The second-order valence-electron chi connectivity index (χ2n) is 5.90. The minimum atomic E-state index is -0.481. The summed E-state index contributed by atoms with van der Waals surface area (Å²) in [6, 6.07) is 7.40. The Balaban J connectivity index is 1.77. The van der Waals surface area contributed by atoms with Crippen LogP contribution in [0.1, 0.15) is 11.4 Å². The van der Waals surface area contributed by atoms with Crippen molar-refractivity contribution >= 4 is 29.0 Å². The molecule has 0 aliphatic carbocycles. The van der Waals surface area contributed by atoms with Crippen LogP contribution in [0.25, 0.3) is 0 Å². The Morgan fingerprint density at radius 3 is 2.70 bits per heavy atom. The Morgan fingerprint density at radius 1 is 1.33 bits per heavy atom. The number of para-hydroxylation sites is 1. The summed E-state index contributed by atoms with van der Waals surface area (Å²) in [4.78, 5) is 28.2. The van der Waals surface area contributed by atoms with Gasteiger partial charge in [0.25, 0.3) is 0 Å². The van der Waals surface area contributed by atoms with Gasteiger partial charge in [-0.25, -0.2) is 4.98 Å². The third-order valence-corrected chi connectivity index (χ3v) is 5.11. The first-order valence-electron chi connectivity index (χ1n) is 8.09. The van der Waals surface area contributed by atoms with Crippen LogP contribution in [-0.4, -0.2) is 30.2 Å². The van der Waals surface area contributed by atoms with Gasteiger partial charge in [-0.1, -0.05) is 12.1 Å². The van der Waals surface area contributed by atoms with Gasteiger partial charge < -0.3 is 9.88 Å². The smallest absolute Gasteiger partial charge is 0.312 e. The normalized spacial score (nSPS) is 10.8. The summed E-state index contributed by atoms with van der Waals surface area (Å²) < 4.78 is 3.23. The van der Waals surface area contributed by atoms with Crippen LogP contribution < -0.4 is 5.32 Å². The number of benzene rings is 1. The molecule has 1 aromatic carbocycles. The zero-order chi connectivity index (χ0) is 19.6. The molecule has 0 bridgehead atoms. The highest BCUT2D eigenvalue weighted by Gasteiger charge is 2.23. The molecule has 0 atom stereocenters. The Bertz CT molecular complexity index is 1010. The second kappa shape index (κ2) is 7.62. The molecule has 10 heteroatoms. The number of hydrogen-bond donors (Lipinski definition) is 1. The Kier molecular flexibility index (Phi) is 5.26. The first kappa shape index (κ1) is 18.6. The molecule has 9 nitrogen and oxygen atoms in total. The van der Waals surface area contributed by atoms with E-state index in [9.17, 15) is 14.9 Å². The van der Waals surface area contributed by atoms with Crippen LogP contribution in [-0.2, 0) is 18.4 Å². The first-order chi connectivity index (χ1) is 12.9. The maximum absolute atomic E-state index is 12.5. The van der Waals surface area contributed by atoms with Gasteiger partial charge in [0.05, 0.1) is 10.6 Å². The number of nitro groups is 1. The second-order valence-corrected chi connectivity index (χ2v) is 6.91. The predicted molar refractivity (Wildman–Crippen MR) is 101 cm³/mol. The van der Waals surface area contributed by atoms with E-state index in [0.717, 1.165) is 10.1 Å². The van der Waals surface area contributed by atoms with Crippen LogP contribution in [0.2, 0.25) is 0 Å². The molecular weight excluding hydrogens is 368 g/mol. The zero-order valence-corrected chi connectivity index (χ0v) is 15.9. The minimum Gasteiger partial charge on any atom is -0.329 e. The van der Waals surface area contributed by atoms with Crippen molar-refractivity contribution in [3.05, 3.63) is 58.2 Å². The van der Waals surface area contributed by atoms with Crippen molar-refractivity contribution in [2.75, 3.05) is 5.32 Å². The molecule has 1 amide bonds. The average Bonchev–Trinajstić information content (AvgIpc) is 3.12. The molecule has 0 spiro atoms. The number of nitrogens with one attached hydrogen (secondary N) is 1.